The number of anilines is 1. The summed E-state index contributed by atoms with van der Waals surface area (Å²) >= 11 is 1.44. The van der Waals surface area contributed by atoms with Crippen LogP contribution < -0.4 is 10.2 Å². The number of rotatable bonds is 8. The topological polar surface area (TPSA) is 55.9 Å². The monoisotopic (exact) mass is 544 g/mol. The number of hydrogen-bond donors (Lipinski definition) is 1. The average molecular weight is 545 g/mol. The van der Waals surface area contributed by atoms with Gasteiger partial charge in [-0.25, -0.2) is 4.39 Å². The fourth-order valence-corrected chi connectivity index (χ4v) is 5.81. The van der Waals surface area contributed by atoms with Gasteiger partial charge in [0.15, 0.2) is 0 Å². The molecule has 0 unspecified atom stereocenters. The largest absolute Gasteiger partial charge is 0.352 e. The van der Waals surface area contributed by atoms with E-state index in [2.05, 4.69) is 22.2 Å². The van der Waals surface area contributed by atoms with Crippen molar-refractivity contribution >= 4 is 35.3 Å². The maximum Gasteiger partial charge on any atom is 0.265 e. The van der Waals surface area contributed by atoms with Crippen LogP contribution in [0.15, 0.2) is 82.6 Å². The zero-order valence-corrected chi connectivity index (χ0v) is 22.9. The van der Waals surface area contributed by atoms with E-state index in [1.807, 2.05) is 42.5 Å². The molecule has 3 aromatic rings. The van der Waals surface area contributed by atoms with Crippen LogP contribution in [-0.2, 0) is 11.3 Å². The Morgan fingerprint density at radius 3 is 2.44 bits per heavy atom. The zero-order chi connectivity index (χ0) is 27.2. The van der Waals surface area contributed by atoms with Gasteiger partial charge in [-0.2, -0.15) is 0 Å². The number of benzene rings is 3. The Labute approximate surface area is 233 Å². The van der Waals surface area contributed by atoms with E-state index < -0.39 is 0 Å². The summed E-state index contributed by atoms with van der Waals surface area (Å²) in [5, 5.41) is 3.02. The van der Waals surface area contributed by atoms with Crippen molar-refractivity contribution in [3.8, 4) is 0 Å². The number of hydrogen-bond acceptors (Lipinski definition) is 5. The van der Waals surface area contributed by atoms with Crippen LogP contribution in [0.2, 0.25) is 0 Å². The van der Waals surface area contributed by atoms with Gasteiger partial charge in [-0.1, -0.05) is 48.2 Å². The maximum absolute atomic E-state index is 13.5. The van der Waals surface area contributed by atoms with E-state index in [4.69, 9.17) is 0 Å². The van der Waals surface area contributed by atoms with Gasteiger partial charge < -0.3 is 20.0 Å². The normalized spacial score (nSPS) is 17.3. The lowest BCUT2D eigenvalue weighted by Gasteiger charge is -2.32. The summed E-state index contributed by atoms with van der Waals surface area (Å²) in [6.07, 6.45) is 2.78. The van der Waals surface area contributed by atoms with E-state index in [1.165, 1.54) is 23.9 Å². The molecule has 39 heavy (non-hydrogen) atoms. The fourth-order valence-electron chi connectivity index (χ4n) is 4.75. The van der Waals surface area contributed by atoms with Gasteiger partial charge in [-0.3, -0.25) is 9.59 Å². The molecule has 1 saturated heterocycles. The highest BCUT2D eigenvalue weighted by Crippen LogP contribution is 2.42. The highest BCUT2D eigenvalue weighted by Gasteiger charge is 2.29. The number of amides is 2. The van der Waals surface area contributed by atoms with Gasteiger partial charge in [0.2, 0.25) is 0 Å². The summed E-state index contributed by atoms with van der Waals surface area (Å²) in [6, 6.07) is 21.3. The third-order valence-corrected chi connectivity index (χ3v) is 8.17. The van der Waals surface area contributed by atoms with E-state index in [0.717, 1.165) is 60.9 Å². The molecule has 1 fully saturated rings. The molecule has 0 saturated carbocycles. The van der Waals surface area contributed by atoms with Crippen molar-refractivity contribution in [1.82, 2.24) is 15.1 Å². The minimum absolute atomic E-state index is 0.0879. The maximum atomic E-state index is 13.5. The Morgan fingerprint density at radius 1 is 0.974 bits per heavy atom. The fraction of sp³-hybridized carbons (Fsp3) is 0.290. The van der Waals surface area contributed by atoms with Gasteiger partial charge in [-0.05, 0) is 73.6 Å². The van der Waals surface area contributed by atoms with Crippen molar-refractivity contribution < 1.29 is 14.0 Å². The predicted octanol–water partition coefficient (Wildman–Crippen LogP) is 4.87. The van der Waals surface area contributed by atoms with Gasteiger partial charge in [0.1, 0.15) is 5.82 Å². The highest BCUT2D eigenvalue weighted by molar-refractivity contribution is 8.04. The van der Waals surface area contributed by atoms with Crippen molar-refractivity contribution in [3.63, 3.8) is 0 Å². The quantitative estimate of drug-likeness (QED) is 0.324. The number of nitrogens with one attached hydrogen (secondary N) is 1. The van der Waals surface area contributed by atoms with Crippen molar-refractivity contribution in [1.29, 1.82) is 0 Å². The lowest BCUT2D eigenvalue weighted by molar-refractivity contribution is -0.114. The van der Waals surface area contributed by atoms with E-state index in [1.54, 1.807) is 29.2 Å². The molecule has 0 aliphatic carbocycles. The van der Waals surface area contributed by atoms with Crippen LogP contribution in [-0.4, -0.2) is 67.9 Å². The van der Waals surface area contributed by atoms with E-state index in [-0.39, 0.29) is 17.6 Å². The Morgan fingerprint density at radius 2 is 1.69 bits per heavy atom. The molecule has 2 aliphatic rings. The predicted molar refractivity (Wildman–Crippen MR) is 155 cm³/mol. The van der Waals surface area contributed by atoms with Gasteiger partial charge in [0.25, 0.3) is 11.8 Å². The van der Waals surface area contributed by atoms with Crippen LogP contribution in [0.3, 0.4) is 0 Å². The SMILES string of the molecule is CN1CCN(CCCNC(=O)c2ccc(/C=C3\Sc4ccccc4N(Cc4ccc(F)cc4)C3=O)cc2)CC1. The number of para-hydroxylation sites is 1. The summed E-state index contributed by atoms with van der Waals surface area (Å²) in [7, 11) is 2.15. The molecule has 0 bridgehead atoms. The second-order valence-electron chi connectivity index (χ2n) is 9.97. The molecule has 6 nitrogen and oxygen atoms in total. The second kappa shape index (κ2) is 12.6. The second-order valence-corrected chi connectivity index (χ2v) is 11.1. The molecule has 2 heterocycles. The molecule has 0 radical (unpaired) electrons. The molecule has 1 N–H and O–H groups in total. The third-order valence-electron chi connectivity index (χ3n) is 7.09. The first-order valence-corrected chi connectivity index (χ1v) is 14.1. The minimum atomic E-state index is -0.303. The molecular formula is C31H33FN4O2S. The Balaban J connectivity index is 1.21. The molecule has 0 spiro atoms. The number of fused-ring (bicyclic) bond motifs is 1. The minimum Gasteiger partial charge on any atom is -0.352 e. The van der Waals surface area contributed by atoms with Crippen LogP contribution >= 0.6 is 11.8 Å². The van der Waals surface area contributed by atoms with Crippen LogP contribution in [0, 0.1) is 5.82 Å². The van der Waals surface area contributed by atoms with Gasteiger partial charge in [0, 0.05) is 43.2 Å². The lowest BCUT2D eigenvalue weighted by atomic mass is 10.1. The average Bonchev–Trinajstić information content (AvgIpc) is 2.95. The van der Waals surface area contributed by atoms with E-state index in [0.29, 0.717) is 23.6 Å². The molecule has 5 rings (SSSR count). The number of piperazine rings is 1. The Hall–Kier alpha value is -3.46. The van der Waals surface area contributed by atoms with E-state index in [9.17, 15) is 14.0 Å². The molecule has 202 valence electrons. The van der Waals surface area contributed by atoms with Gasteiger partial charge >= 0.3 is 0 Å². The molecule has 2 aliphatic heterocycles. The smallest absolute Gasteiger partial charge is 0.265 e. The standard InChI is InChI=1S/C31H33FN4O2S/c1-34-17-19-35(20-18-34)16-4-15-33-30(37)25-11-7-23(8-12-25)21-29-31(38)36(22-24-9-13-26(32)14-10-24)27-5-2-3-6-28(27)39-29/h2-3,5-14,21H,4,15-20,22H2,1H3,(H,33,37)/b29-21-. The van der Waals surface area contributed by atoms with E-state index >= 15 is 0 Å². The first kappa shape index (κ1) is 27.1. The first-order valence-electron chi connectivity index (χ1n) is 13.3. The number of nitrogens with zero attached hydrogens (tertiary/aromatic N) is 3. The Kier molecular flexibility index (Phi) is 8.76. The summed E-state index contributed by atoms with van der Waals surface area (Å²) < 4.78 is 13.4. The molecule has 0 aromatic heterocycles. The van der Waals surface area contributed by atoms with Crippen LogP contribution in [0.5, 0.6) is 0 Å². The number of thioether (sulfide) groups is 1. The summed E-state index contributed by atoms with van der Waals surface area (Å²) in [5.74, 6) is -0.497. The molecule has 0 atom stereocenters. The van der Waals surface area contributed by atoms with Gasteiger partial charge in [0.05, 0.1) is 17.1 Å². The summed E-state index contributed by atoms with van der Waals surface area (Å²) in [6.45, 7) is 6.34. The van der Waals surface area contributed by atoms with Crippen LogP contribution in [0.4, 0.5) is 10.1 Å². The van der Waals surface area contributed by atoms with Crippen molar-refractivity contribution in [3.05, 3.63) is 100 Å². The molecule has 3 aromatic carbocycles. The number of likely N-dealkylation sites (N-methyl/N-ethyl adjacent to an activating group) is 1. The van der Waals surface area contributed by atoms with Crippen molar-refractivity contribution in [2.75, 3.05) is 51.2 Å². The van der Waals surface area contributed by atoms with Crippen LogP contribution in [0.25, 0.3) is 6.08 Å². The highest BCUT2D eigenvalue weighted by atomic mass is 32.2. The summed E-state index contributed by atoms with van der Waals surface area (Å²) in [4.78, 5) is 34.2. The van der Waals surface area contributed by atoms with Crippen molar-refractivity contribution in [2.24, 2.45) is 0 Å². The molecular weight excluding hydrogens is 511 g/mol. The third kappa shape index (κ3) is 6.95. The van der Waals surface area contributed by atoms with Gasteiger partial charge in [-0.15, -0.1) is 0 Å². The summed E-state index contributed by atoms with van der Waals surface area (Å²) in [5.41, 5.74) is 3.14. The number of carbonyl (C=O) groups is 2. The molecule has 8 heteroatoms. The lowest BCUT2D eigenvalue weighted by Crippen LogP contribution is -2.45. The van der Waals surface area contributed by atoms with Crippen LogP contribution in [0.1, 0.15) is 27.9 Å². The zero-order valence-electron chi connectivity index (χ0n) is 22.1. The molecule has 2 amide bonds. The Bertz CT molecular complexity index is 1340. The number of halogens is 1. The first-order chi connectivity index (χ1) is 19.0. The van der Waals surface area contributed by atoms with Crippen molar-refractivity contribution in [2.45, 2.75) is 17.9 Å². The number of carbonyl (C=O) groups excluding carboxylic acids is 2.